The Morgan fingerprint density at radius 1 is 1.11 bits per heavy atom. The molecular weight excluding hydrogens is 478 g/mol. The second kappa shape index (κ2) is 16.4. The van der Waals surface area contributed by atoms with Gasteiger partial charge in [0.15, 0.2) is 0 Å². The summed E-state index contributed by atoms with van der Waals surface area (Å²) in [7, 11) is 0. The Morgan fingerprint density at radius 2 is 1.67 bits per heavy atom. The minimum Gasteiger partial charge on any atom is -0.273 e. The molecule has 0 spiro atoms. The predicted molar refractivity (Wildman–Crippen MR) is 52.5 cm³/mol. The molecule has 0 aliphatic heterocycles. The molecule has 0 heterocycles. The maximum absolute atomic E-state index is 2.99. The van der Waals surface area contributed by atoms with Gasteiger partial charge in [0.25, 0.3) is 0 Å². The van der Waals surface area contributed by atoms with Crippen LogP contribution in [0.2, 0.25) is 0 Å². The SMILES string of the molecule is Br.Br.Br.[C-]1=CC=CC1.[Hf]. The Hall–Kier alpha value is 1.79. The molecule has 1 aliphatic rings. The van der Waals surface area contributed by atoms with Crippen LogP contribution in [0.1, 0.15) is 6.42 Å². The summed E-state index contributed by atoms with van der Waals surface area (Å²) < 4.78 is 0. The van der Waals surface area contributed by atoms with Crippen molar-refractivity contribution in [1.29, 1.82) is 0 Å². The van der Waals surface area contributed by atoms with E-state index in [1.165, 1.54) is 0 Å². The van der Waals surface area contributed by atoms with E-state index in [1.807, 2.05) is 12.2 Å². The summed E-state index contributed by atoms with van der Waals surface area (Å²) in [6, 6.07) is 0. The minimum atomic E-state index is 0. The normalized spacial score (nSPS) is 9.78. The van der Waals surface area contributed by atoms with Crippen molar-refractivity contribution in [3.8, 4) is 0 Å². The Balaban J connectivity index is -0.0000000312. The first kappa shape index (κ1) is 22.4. The number of hydrogen-bond acceptors (Lipinski definition) is 0. The number of halogens is 3. The molecule has 0 N–H and O–H groups in total. The van der Waals surface area contributed by atoms with Crippen LogP contribution in [-0.2, 0) is 25.8 Å². The van der Waals surface area contributed by atoms with E-state index in [9.17, 15) is 0 Å². The van der Waals surface area contributed by atoms with Crippen molar-refractivity contribution < 1.29 is 25.8 Å². The predicted octanol–water partition coefficient (Wildman–Crippen LogP) is 3.04. The van der Waals surface area contributed by atoms with Gasteiger partial charge in [-0.1, -0.05) is 0 Å². The third-order valence-electron chi connectivity index (χ3n) is 0.586. The van der Waals surface area contributed by atoms with Gasteiger partial charge in [0, 0.05) is 25.8 Å². The van der Waals surface area contributed by atoms with E-state index < -0.39 is 0 Å². The van der Waals surface area contributed by atoms with Crippen LogP contribution in [-0.4, -0.2) is 0 Å². The van der Waals surface area contributed by atoms with E-state index in [0.717, 1.165) is 6.42 Å². The van der Waals surface area contributed by atoms with Gasteiger partial charge >= 0.3 is 0 Å². The Morgan fingerprint density at radius 3 is 1.78 bits per heavy atom. The van der Waals surface area contributed by atoms with Crippen molar-refractivity contribution in [2.24, 2.45) is 0 Å². The van der Waals surface area contributed by atoms with E-state index in [1.54, 1.807) is 0 Å². The van der Waals surface area contributed by atoms with Crippen LogP contribution < -0.4 is 0 Å². The second-order valence-electron chi connectivity index (χ2n) is 1.00. The molecule has 0 aromatic carbocycles. The standard InChI is InChI=1S/C5H5.3BrH.Hf/c1-2-4-5-3-1;;;;/h1-3H,4H2;3*1H;/q-1;;;;. The third kappa shape index (κ3) is 12.9. The summed E-state index contributed by atoms with van der Waals surface area (Å²) in [6.07, 6.45) is 10.0. The molecule has 0 aromatic heterocycles. The van der Waals surface area contributed by atoms with Gasteiger partial charge in [0.1, 0.15) is 0 Å². The van der Waals surface area contributed by atoms with Crippen molar-refractivity contribution in [3.63, 3.8) is 0 Å². The third-order valence-corrected chi connectivity index (χ3v) is 0.586. The molecule has 0 atom stereocenters. The molecule has 0 fully saturated rings. The van der Waals surface area contributed by atoms with Gasteiger partial charge in [0.2, 0.25) is 0 Å². The van der Waals surface area contributed by atoms with Crippen molar-refractivity contribution in [3.05, 3.63) is 24.3 Å². The van der Waals surface area contributed by atoms with E-state index in [-0.39, 0.29) is 76.8 Å². The van der Waals surface area contributed by atoms with Gasteiger partial charge in [-0.2, -0.15) is 6.08 Å². The maximum atomic E-state index is 2.99. The molecule has 0 saturated heterocycles. The zero-order chi connectivity index (χ0) is 3.54. The molecule has 0 amide bonds. The summed E-state index contributed by atoms with van der Waals surface area (Å²) in [4.78, 5) is 0. The van der Waals surface area contributed by atoms with Crippen LogP contribution in [0, 0.1) is 6.08 Å². The zero-order valence-electron chi connectivity index (χ0n) is 4.66. The minimum absolute atomic E-state index is 0. The van der Waals surface area contributed by atoms with Crippen LogP contribution in [0.5, 0.6) is 0 Å². The van der Waals surface area contributed by atoms with Gasteiger partial charge in [-0.15, -0.1) is 57.4 Å². The van der Waals surface area contributed by atoms with Crippen molar-refractivity contribution in [1.82, 2.24) is 0 Å². The van der Waals surface area contributed by atoms with Crippen molar-refractivity contribution in [2.45, 2.75) is 6.42 Å². The molecule has 0 radical (unpaired) electrons. The molecule has 0 nitrogen and oxygen atoms in total. The first-order valence-electron chi connectivity index (χ1n) is 1.72. The van der Waals surface area contributed by atoms with Crippen LogP contribution in [0.15, 0.2) is 18.2 Å². The zero-order valence-corrected chi connectivity index (χ0v) is 13.4. The van der Waals surface area contributed by atoms with Gasteiger partial charge in [0.05, 0.1) is 0 Å². The molecule has 4 heteroatoms. The van der Waals surface area contributed by atoms with Crippen LogP contribution >= 0.6 is 50.9 Å². The van der Waals surface area contributed by atoms with E-state index in [2.05, 4.69) is 12.2 Å². The molecule has 9 heavy (non-hydrogen) atoms. The summed E-state index contributed by atoms with van der Waals surface area (Å²) >= 11 is 0. The average molecular weight is 486 g/mol. The fraction of sp³-hybridized carbons (Fsp3) is 0.200. The van der Waals surface area contributed by atoms with E-state index in [4.69, 9.17) is 0 Å². The Bertz CT molecular complexity index is 70.3. The maximum Gasteiger partial charge on any atom is 0 e. The molecule has 0 bridgehead atoms. The van der Waals surface area contributed by atoms with Crippen molar-refractivity contribution >= 4 is 50.9 Å². The molecule has 1 rings (SSSR count). The van der Waals surface area contributed by atoms with Gasteiger partial charge in [-0.25, -0.2) is 12.2 Å². The molecule has 0 saturated carbocycles. The van der Waals surface area contributed by atoms with Gasteiger partial charge in [-0.3, -0.25) is 6.08 Å². The summed E-state index contributed by atoms with van der Waals surface area (Å²) in [6.45, 7) is 0. The first-order valence-corrected chi connectivity index (χ1v) is 1.72. The van der Waals surface area contributed by atoms with Crippen LogP contribution in [0.3, 0.4) is 0 Å². The fourth-order valence-electron chi connectivity index (χ4n) is 0.340. The van der Waals surface area contributed by atoms with Crippen LogP contribution in [0.4, 0.5) is 0 Å². The van der Waals surface area contributed by atoms with E-state index >= 15 is 0 Å². The second-order valence-corrected chi connectivity index (χ2v) is 1.00. The summed E-state index contributed by atoms with van der Waals surface area (Å²) in [5.74, 6) is 0. The summed E-state index contributed by atoms with van der Waals surface area (Å²) in [5.41, 5.74) is 0. The number of hydrogen-bond donors (Lipinski definition) is 0. The molecule has 54 valence electrons. The quantitative estimate of drug-likeness (QED) is 0.365. The first-order chi connectivity index (χ1) is 2.50. The molecule has 0 aromatic rings. The molecular formula is C5H8Br3Hf-. The van der Waals surface area contributed by atoms with Gasteiger partial charge in [-0.05, 0) is 0 Å². The monoisotopic (exact) mass is 485 g/mol. The van der Waals surface area contributed by atoms with Crippen LogP contribution in [0.25, 0.3) is 0 Å². The topological polar surface area (TPSA) is 0 Å². The fourth-order valence-corrected chi connectivity index (χ4v) is 0.340. The largest absolute Gasteiger partial charge is 0.273 e. The number of rotatable bonds is 0. The smallest absolute Gasteiger partial charge is 0 e. The van der Waals surface area contributed by atoms with E-state index in [0.29, 0.717) is 0 Å². The molecule has 1 aliphatic carbocycles. The Kier molecular flexibility index (Phi) is 40.9. The van der Waals surface area contributed by atoms with Crippen molar-refractivity contribution in [2.75, 3.05) is 0 Å². The average Bonchev–Trinajstić information content (AvgIpc) is 1.76. The summed E-state index contributed by atoms with van der Waals surface area (Å²) in [5, 5.41) is 0. The van der Waals surface area contributed by atoms with Gasteiger partial charge < -0.3 is 0 Å². The Labute approximate surface area is 106 Å². The molecule has 0 unspecified atom stereocenters. The number of allylic oxidation sites excluding steroid dienone is 4.